The lowest BCUT2D eigenvalue weighted by molar-refractivity contribution is 0.0955. The molecule has 0 aliphatic rings. The van der Waals surface area contributed by atoms with Crippen molar-refractivity contribution in [2.45, 2.75) is 0 Å². The van der Waals surface area contributed by atoms with Gasteiger partial charge in [0, 0.05) is 28.2 Å². The summed E-state index contributed by atoms with van der Waals surface area (Å²) in [5, 5.41) is 4.95. The normalized spacial score (nSPS) is 11.1. The van der Waals surface area contributed by atoms with Crippen molar-refractivity contribution >= 4 is 23.0 Å². The van der Waals surface area contributed by atoms with E-state index in [1.807, 2.05) is 30.5 Å². The molecule has 1 heterocycles. The molecule has 0 aliphatic heterocycles. The topological polar surface area (TPSA) is 57.2 Å². The molecule has 21 heavy (non-hydrogen) atoms. The lowest BCUT2D eigenvalue weighted by atomic mass is 10.2. The van der Waals surface area contributed by atoms with Crippen LogP contribution < -0.4 is 5.43 Å². The molecule has 0 radical (unpaired) electrons. The van der Waals surface area contributed by atoms with Gasteiger partial charge in [-0.1, -0.05) is 18.2 Å². The highest BCUT2D eigenvalue weighted by Gasteiger charge is 2.04. The maximum atomic E-state index is 12.8. The van der Waals surface area contributed by atoms with Gasteiger partial charge in [-0.2, -0.15) is 5.10 Å². The maximum Gasteiger partial charge on any atom is 0.271 e. The number of hydrogen-bond acceptors (Lipinski definition) is 2. The van der Waals surface area contributed by atoms with Gasteiger partial charge in [0.15, 0.2) is 0 Å². The fourth-order valence-corrected chi connectivity index (χ4v) is 2.03. The average molecular weight is 281 g/mol. The number of aromatic nitrogens is 1. The Bertz CT molecular complexity index is 806. The van der Waals surface area contributed by atoms with Crippen molar-refractivity contribution in [1.29, 1.82) is 0 Å². The van der Waals surface area contributed by atoms with Crippen LogP contribution in [0.5, 0.6) is 0 Å². The van der Waals surface area contributed by atoms with E-state index >= 15 is 0 Å². The number of hydrazone groups is 1. The zero-order valence-corrected chi connectivity index (χ0v) is 11.0. The van der Waals surface area contributed by atoms with Crippen molar-refractivity contribution in [3.05, 3.63) is 71.7 Å². The number of rotatable bonds is 3. The molecule has 3 aromatic rings. The summed E-state index contributed by atoms with van der Waals surface area (Å²) in [5.74, 6) is -0.764. The van der Waals surface area contributed by atoms with E-state index in [2.05, 4.69) is 15.5 Å². The quantitative estimate of drug-likeness (QED) is 0.562. The Kier molecular flexibility index (Phi) is 3.47. The summed E-state index contributed by atoms with van der Waals surface area (Å²) in [5.41, 5.74) is 4.65. The molecule has 0 fully saturated rings. The summed E-state index contributed by atoms with van der Waals surface area (Å²) in [7, 11) is 0. The summed E-state index contributed by atoms with van der Waals surface area (Å²) in [6.07, 6.45) is 3.39. The zero-order chi connectivity index (χ0) is 14.7. The third kappa shape index (κ3) is 2.81. The van der Waals surface area contributed by atoms with Gasteiger partial charge >= 0.3 is 0 Å². The van der Waals surface area contributed by atoms with E-state index in [1.54, 1.807) is 6.21 Å². The molecule has 0 saturated heterocycles. The van der Waals surface area contributed by atoms with E-state index in [9.17, 15) is 9.18 Å². The minimum absolute atomic E-state index is 0.354. The summed E-state index contributed by atoms with van der Waals surface area (Å²) in [6, 6.07) is 13.1. The number of carbonyl (C=O) groups excluding carboxylic acids is 1. The predicted octanol–water partition coefficient (Wildman–Crippen LogP) is 3.07. The van der Waals surface area contributed by atoms with Crippen LogP contribution in [0.3, 0.4) is 0 Å². The molecule has 0 atom stereocenters. The van der Waals surface area contributed by atoms with Crippen LogP contribution in [0.4, 0.5) is 4.39 Å². The Morgan fingerprint density at radius 3 is 2.71 bits per heavy atom. The highest BCUT2D eigenvalue weighted by Crippen LogP contribution is 2.15. The van der Waals surface area contributed by atoms with Crippen LogP contribution in [0, 0.1) is 5.82 Å². The van der Waals surface area contributed by atoms with Gasteiger partial charge in [-0.3, -0.25) is 4.79 Å². The van der Waals surface area contributed by atoms with Gasteiger partial charge in [0.05, 0.1) is 6.21 Å². The fourth-order valence-electron chi connectivity index (χ4n) is 2.03. The Morgan fingerprint density at radius 2 is 1.90 bits per heavy atom. The van der Waals surface area contributed by atoms with Crippen LogP contribution in [0.25, 0.3) is 10.9 Å². The Morgan fingerprint density at radius 1 is 1.14 bits per heavy atom. The van der Waals surface area contributed by atoms with Crippen LogP contribution in [0.2, 0.25) is 0 Å². The Labute approximate surface area is 120 Å². The van der Waals surface area contributed by atoms with E-state index in [4.69, 9.17) is 0 Å². The largest absolute Gasteiger partial charge is 0.361 e. The second kappa shape index (κ2) is 5.58. The standard InChI is InChI=1S/C16H12FN3O/c17-13-7-5-11(6-8-13)16(21)20-19-10-12-9-18-15-4-2-1-3-14(12)15/h1-10,18H,(H,20,21)/b19-10-. The fraction of sp³-hybridized carbons (Fsp3) is 0. The van der Waals surface area contributed by atoms with Crippen LogP contribution in [-0.2, 0) is 0 Å². The van der Waals surface area contributed by atoms with Crippen LogP contribution in [0.15, 0.2) is 59.8 Å². The van der Waals surface area contributed by atoms with Gasteiger partial charge in [-0.25, -0.2) is 9.82 Å². The molecule has 3 rings (SSSR count). The second-order valence-corrected chi connectivity index (χ2v) is 4.50. The van der Waals surface area contributed by atoms with Crippen molar-refractivity contribution in [2.75, 3.05) is 0 Å². The Hall–Kier alpha value is -2.95. The van der Waals surface area contributed by atoms with Crippen LogP contribution in [-0.4, -0.2) is 17.1 Å². The number of fused-ring (bicyclic) bond motifs is 1. The third-order valence-electron chi connectivity index (χ3n) is 3.10. The SMILES string of the molecule is O=C(N/N=C\c1c[nH]c2ccccc12)c1ccc(F)cc1. The first-order valence-corrected chi connectivity index (χ1v) is 6.39. The van der Waals surface area contributed by atoms with E-state index < -0.39 is 0 Å². The van der Waals surface area contributed by atoms with Gasteiger partial charge in [0.1, 0.15) is 5.82 Å². The molecule has 4 nitrogen and oxygen atoms in total. The predicted molar refractivity (Wildman–Crippen MR) is 79.8 cm³/mol. The monoisotopic (exact) mass is 281 g/mol. The van der Waals surface area contributed by atoms with Crippen molar-refractivity contribution in [2.24, 2.45) is 5.10 Å². The molecule has 104 valence electrons. The first-order valence-electron chi connectivity index (χ1n) is 6.39. The van der Waals surface area contributed by atoms with Gasteiger partial charge < -0.3 is 4.98 Å². The molecule has 0 aliphatic carbocycles. The van der Waals surface area contributed by atoms with Crippen molar-refractivity contribution in [3.8, 4) is 0 Å². The number of amides is 1. The minimum atomic E-state index is -0.383. The lowest BCUT2D eigenvalue weighted by Gasteiger charge is -1.99. The molecule has 1 aromatic heterocycles. The van der Waals surface area contributed by atoms with Crippen LogP contribution >= 0.6 is 0 Å². The van der Waals surface area contributed by atoms with Gasteiger partial charge in [-0.15, -0.1) is 0 Å². The number of aromatic amines is 1. The molecular formula is C16H12FN3O. The molecule has 0 saturated carbocycles. The number of hydrogen-bond donors (Lipinski definition) is 2. The second-order valence-electron chi connectivity index (χ2n) is 4.50. The van der Waals surface area contributed by atoms with E-state index in [0.29, 0.717) is 5.56 Å². The maximum absolute atomic E-state index is 12.8. The summed E-state index contributed by atoms with van der Waals surface area (Å²) < 4.78 is 12.8. The van der Waals surface area contributed by atoms with Gasteiger partial charge in [0.2, 0.25) is 0 Å². The first-order chi connectivity index (χ1) is 10.2. The first kappa shape index (κ1) is 13.1. The number of carbonyl (C=O) groups is 1. The Balaban J connectivity index is 1.72. The molecule has 0 unspecified atom stereocenters. The molecule has 2 N–H and O–H groups in total. The summed E-state index contributed by atoms with van der Waals surface area (Å²) >= 11 is 0. The van der Waals surface area contributed by atoms with E-state index in [-0.39, 0.29) is 11.7 Å². The number of halogens is 1. The van der Waals surface area contributed by atoms with Crippen molar-refractivity contribution < 1.29 is 9.18 Å². The summed E-state index contributed by atoms with van der Waals surface area (Å²) in [4.78, 5) is 14.9. The highest BCUT2D eigenvalue weighted by atomic mass is 19.1. The van der Waals surface area contributed by atoms with Gasteiger partial charge in [-0.05, 0) is 30.3 Å². The third-order valence-corrected chi connectivity index (χ3v) is 3.10. The lowest BCUT2D eigenvalue weighted by Crippen LogP contribution is -2.17. The zero-order valence-electron chi connectivity index (χ0n) is 11.0. The van der Waals surface area contributed by atoms with Crippen molar-refractivity contribution in [1.82, 2.24) is 10.4 Å². The minimum Gasteiger partial charge on any atom is -0.361 e. The molecule has 2 aromatic carbocycles. The molecule has 0 bridgehead atoms. The van der Waals surface area contributed by atoms with Gasteiger partial charge in [0.25, 0.3) is 5.91 Å². The average Bonchev–Trinajstić information content (AvgIpc) is 2.91. The number of benzene rings is 2. The van der Waals surface area contributed by atoms with Crippen LogP contribution in [0.1, 0.15) is 15.9 Å². The smallest absolute Gasteiger partial charge is 0.271 e. The number of H-pyrrole nitrogens is 1. The molecule has 5 heteroatoms. The number of para-hydroxylation sites is 1. The number of nitrogens with zero attached hydrogens (tertiary/aromatic N) is 1. The van der Waals surface area contributed by atoms with E-state index in [1.165, 1.54) is 24.3 Å². The molecule has 1 amide bonds. The van der Waals surface area contributed by atoms with Crippen molar-refractivity contribution in [3.63, 3.8) is 0 Å². The molecule has 0 spiro atoms. The van der Waals surface area contributed by atoms with E-state index in [0.717, 1.165) is 16.5 Å². The number of nitrogens with one attached hydrogen (secondary N) is 2. The highest BCUT2D eigenvalue weighted by molar-refractivity contribution is 6.00. The molecular weight excluding hydrogens is 269 g/mol. The summed E-state index contributed by atoms with van der Waals surface area (Å²) in [6.45, 7) is 0.